The average molecular weight is 414 g/mol. The van der Waals surface area contributed by atoms with Crippen LogP contribution in [-0.4, -0.2) is 51.3 Å². The average Bonchev–Trinajstić information content (AvgIpc) is 2.63. The predicted octanol–water partition coefficient (Wildman–Crippen LogP) is 3.45. The number of carbonyl (C=O) groups excluding carboxylic acids is 1. The molecule has 160 valence electrons. The molecule has 0 spiro atoms. The van der Waals surface area contributed by atoms with Crippen LogP contribution in [0.1, 0.15) is 47.1 Å². The van der Waals surface area contributed by atoms with E-state index in [4.69, 9.17) is 4.18 Å². The van der Waals surface area contributed by atoms with Gasteiger partial charge in [0.15, 0.2) is 0 Å². The van der Waals surface area contributed by atoms with Crippen LogP contribution in [0.3, 0.4) is 0 Å². The summed E-state index contributed by atoms with van der Waals surface area (Å²) >= 11 is 0. The number of carbonyl (C=O) groups is 1. The molecule has 1 aromatic rings. The van der Waals surface area contributed by atoms with E-state index in [-0.39, 0.29) is 30.0 Å². The van der Waals surface area contributed by atoms with Crippen LogP contribution in [-0.2, 0) is 16.7 Å². The zero-order valence-corrected chi connectivity index (χ0v) is 18.8. The van der Waals surface area contributed by atoms with Gasteiger partial charge in [-0.05, 0) is 39.7 Å². The number of nitrogens with zero attached hydrogens (tertiary/aromatic N) is 2. The van der Waals surface area contributed by atoms with Crippen molar-refractivity contribution in [3.8, 4) is 5.75 Å². The number of amides is 2. The Morgan fingerprint density at radius 1 is 1.14 bits per heavy atom. The Morgan fingerprint density at radius 3 is 2.29 bits per heavy atom. The maximum atomic E-state index is 12.5. The van der Waals surface area contributed by atoms with Gasteiger partial charge in [-0.2, -0.15) is 8.42 Å². The molecular formula is C20H35N3O4S. The van der Waals surface area contributed by atoms with Gasteiger partial charge < -0.3 is 19.3 Å². The molecule has 0 aliphatic carbocycles. The van der Waals surface area contributed by atoms with Gasteiger partial charge in [-0.1, -0.05) is 19.9 Å². The third-order valence-corrected chi connectivity index (χ3v) is 5.45. The highest BCUT2D eigenvalue weighted by molar-refractivity contribution is 7.87. The van der Waals surface area contributed by atoms with Crippen LogP contribution in [0.5, 0.6) is 5.75 Å². The number of anilines is 1. The summed E-state index contributed by atoms with van der Waals surface area (Å²) < 4.78 is 29.6. The summed E-state index contributed by atoms with van der Waals surface area (Å²) in [6, 6.07) is 5.37. The van der Waals surface area contributed by atoms with Crippen LogP contribution < -0.4 is 14.4 Å². The molecule has 0 unspecified atom stereocenters. The van der Waals surface area contributed by atoms with Gasteiger partial charge in [0.2, 0.25) is 0 Å². The molecule has 0 heterocycles. The largest absolute Gasteiger partial charge is 0.382 e. The Labute approximate surface area is 170 Å². The molecule has 0 fully saturated rings. The highest BCUT2D eigenvalue weighted by Crippen LogP contribution is 2.28. The van der Waals surface area contributed by atoms with Crippen molar-refractivity contribution in [1.82, 2.24) is 10.2 Å². The van der Waals surface area contributed by atoms with Gasteiger partial charge in [-0.3, -0.25) is 0 Å². The molecule has 1 aromatic carbocycles. The van der Waals surface area contributed by atoms with E-state index < -0.39 is 10.1 Å². The molecule has 7 nitrogen and oxygen atoms in total. The lowest BCUT2D eigenvalue weighted by molar-refractivity contribution is 0.188. The summed E-state index contributed by atoms with van der Waals surface area (Å²) in [5.41, 5.74) is 1.56. The first kappa shape index (κ1) is 24.1. The van der Waals surface area contributed by atoms with Crippen molar-refractivity contribution in [3.63, 3.8) is 0 Å². The van der Waals surface area contributed by atoms with E-state index in [0.29, 0.717) is 18.7 Å². The fourth-order valence-electron chi connectivity index (χ4n) is 2.86. The summed E-state index contributed by atoms with van der Waals surface area (Å²) in [6.07, 6.45) is 0. The van der Waals surface area contributed by atoms with E-state index in [1.807, 2.05) is 46.8 Å². The minimum atomic E-state index is -3.68. The van der Waals surface area contributed by atoms with Crippen molar-refractivity contribution in [2.45, 2.75) is 48.1 Å². The van der Waals surface area contributed by atoms with E-state index in [0.717, 1.165) is 18.8 Å². The standard InChI is InChI=1S/C20H35N3O4S/c1-7-21-20(24)23(14-16(5)6)15-17-11-12-18(22(8-2)9-3)13-19(17)27-28(25,26)10-4/h11-13,16H,7-10,14-15H2,1-6H3,(H,21,24). The van der Waals surface area contributed by atoms with Crippen LogP contribution in [0.25, 0.3) is 0 Å². The van der Waals surface area contributed by atoms with Gasteiger partial charge in [0.25, 0.3) is 0 Å². The van der Waals surface area contributed by atoms with Crippen molar-refractivity contribution in [1.29, 1.82) is 0 Å². The van der Waals surface area contributed by atoms with Gasteiger partial charge in [-0.15, -0.1) is 0 Å². The summed E-state index contributed by atoms with van der Waals surface area (Å²) in [6.45, 7) is 14.5. The Hall–Kier alpha value is -1.96. The van der Waals surface area contributed by atoms with Crippen molar-refractivity contribution in [2.75, 3.05) is 36.8 Å². The molecule has 0 atom stereocenters. The Bertz CT molecular complexity index is 731. The zero-order chi connectivity index (χ0) is 21.3. The lowest BCUT2D eigenvalue weighted by Crippen LogP contribution is -2.41. The van der Waals surface area contributed by atoms with Gasteiger partial charge in [0, 0.05) is 43.5 Å². The first-order chi connectivity index (χ1) is 13.2. The second-order valence-corrected chi connectivity index (χ2v) is 8.86. The zero-order valence-electron chi connectivity index (χ0n) is 18.0. The maximum absolute atomic E-state index is 12.5. The van der Waals surface area contributed by atoms with E-state index >= 15 is 0 Å². The smallest absolute Gasteiger partial charge is 0.317 e. The molecule has 1 rings (SSSR count). The molecule has 0 aliphatic heterocycles. The van der Waals surface area contributed by atoms with Crippen LogP contribution in [0.15, 0.2) is 18.2 Å². The third-order valence-electron chi connectivity index (χ3n) is 4.31. The van der Waals surface area contributed by atoms with E-state index in [1.165, 1.54) is 0 Å². The highest BCUT2D eigenvalue weighted by Gasteiger charge is 2.20. The topological polar surface area (TPSA) is 79.0 Å². The number of rotatable bonds is 11. The number of urea groups is 1. The molecule has 0 saturated carbocycles. The van der Waals surface area contributed by atoms with E-state index in [9.17, 15) is 13.2 Å². The molecule has 28 heavy (non-hydrogen) atoms. The Morgan fingerprint density at radius 2 is 1.79 bits per heavy atom. The monoisotopic (exact) mass is 413 g/mol. The van der Waals surface area contributed by atoms with Crippen LogP contribution in [0, 0.1) is 5.92 Å². The second-order valence-electron chi connectivity index (χ2n) is 7.00. The quantitative estimate of drug-likeness (QED) is 0.562. The molecule has 0 saturated heterocycles. The summed E-state index contributed by atoms with van der Waals surface area (Å²) in [5.74, 6) is 0.444. The van der Waals surface area contributed by atoms with Crippen molar-refractivity contribution in [2.24, 2.45) is 5.92 Å². The molecule has 0 bridgehead atoms. The summed E-state index contributed by atoms with van der Waals surface area (Å²) in [5, 5.41) is 2.82. The predicted molar refractivity (Wildman–Crippen MR) is 114 cm³/mol. The summed E-state index contributed by atoms with van der Waals surface area (Å²) in [4.78, 5) is 16.3. The molecule has 0 radical (unpaired) electrons. The molecule has 0 aromatic heterocycles. The van der Waals surface area contributed by atoms with Crippen molar-refractivity contribution >= 4 is 21.8 Å². The normalized spacial score (nSPS) is 11.4. The van der Waals surface area contributed by atoms with Gasteiger partial charge in [-0.25, -0.2) is 4.79 Å². The first-order valence-corrected chi connectivity index (χ1v) is 11.6. The number of nitrogens with one attached hydrogen (secondary N) is 1. The minimum absolute atomic E-state index is 0.117. The molecule has 0 aliphatic rings. The van der Waals surface area contributed by atoms with E-state index in [1.54, 1.807) is 17.9 Å². The van der Waals surface area contributed by atoms with Crippen LogP contribution in [0.2, 0.25) is 0 Å². The SMILES string of the molecule is CCNC(=O)N(Cc1ccc(N(CC)CC)cc1OS(=O)(=O)CC)CC(C)C. The molecule has 8 heteroatoms. The first-order valence-electron chi connectivity index (χ1n) is 10.00. The molecule has 2 amide bonds. The van der Waals surface area contributed by atoms with Gasteiger partial charge in [0.1, 0.15) is 5.75 Å². The molecular weight excluding hydrogens is 378 g/mol. The Kier molecular flexibility index (Phi) is 9.58. The highest BCUT2D eigenvalue weighted by atomic mass is 32.2. The second kappa shape index (κ2) is 11.1. The molecule has 1 N–H and O–H groups in total. The lowest BCUT2D eigenvalue weighted by Gasteiger charge is -2.27. The fourth-order valence-corrected chi connectivity index (χ4v) is 3.41. The minimum Gasteiger partial charge on any atom is -0.382 e. The number of hydrogen-bond donors (Lipinski definition) is 1. The van der Waals surface area contributed by atoms with Crippen LogP contribution >= 0.6 is 0 Å². The van der Waals surface area contributed by atoms with Crippen LogP contribution in [0.4, 0.5) is 10.5 Å². The fraction of sp³-hybridized carbons (Fsp3) is 0.650. The number of benzene rings is 1. The van der Waals surface area contributed by atoms with E-state index in [2.05, 4.69) is 10.2 Å². The van der Waals surface area contributed by atoms with Gasteiger partial charge in [0.05, 0.1) is 12.3 Å². The van der Waals surface area contributed by atoms with Crippen molar-refractivity contribution < 1.29 is 17.4 Å². The third kappa shape index (κ3) is 7.22. The maximum Gasteiger partial charge on any atom is 0.317 e. The van der Waals surface area contributed by atoms with Crippen molar-refractivity contribution in [3.05, 3.63) is 23.8 Å². The lowest BCUT2D eigenvalue weighted by atomic mass is 10.1. The Balaban J connectivity index is 3.31. The summed E-state index contributed by atoms with van der Waals surface area (Å²) in [7, 11) is -3.68. The van der Waals surface area contributed by atoms with Gasteiger partial charge >= 0.3 is 16.1 Å². The number of hydrogen-bond acceptors (Lipinski definition) is 5.